The summed E-state index contributed by atoms with van der Waals surface area (Å²) in [5, 5.41) is 11.6. The molecule has 1 N–H and O–H groups in total. The SMILES string of the molecule is C=C(OC(C)CC)C(C)c1ccc2cc(O)ccc2c1. The molecular weight excluding hydrogens is 248 g/mol. The maximum Gasteiger partial charge on any atom is 0.116 e. The monoisotopic (exact) mass is 270 g/mol. The van der Waals surface area contributed by atoms with Crippen molar-refractivity contribution in [2.24, 2.45) is 0 Å². The van der Waals surface area contributed by atoms with Crippen LogP contribution in [-0.4, -0.2) is 11.2 Å². The predicted molar refractivity (Wildman–Crippen MR) is 84.0 cm³/mol. The Kier molecular flexibility index (Phi) is 4.33. The van der Waals surface area contributed by atoms with Gasteiger partial charge in [0.1, 0.15) is 5.75 Å². The van der Waals surface area contributed by atoms with E-state index in [1.807, 2.05) is 12.1 Å². The summed E-state index contributed by atoms with van der Waals surface area (Å²) in [7, 11) is 0. The van der Waals surface area contributed by atoms with Crippen LogP contribution in [0.4, 0.5) is 0 Å². The van der Waals surface area contributed by atoms with Crippen LogP contribution < -0.4 is 0 Å². The van der Waals surface area contributed by atoms with Gasteiger partial charge in [0.25, 0.3) is 0 Å². The Balaban J connectivity index is 2.24. The van der Waals surface area contributed by atoms with Crippen molar-refractivity contribution in [3.05, 3.63) is 54.3 Å². The van der Waals surface area contributed by atoms with Gasteiger partial charge >= 0.3 is 0 Å². The van der Waals surface area contributed by atoms with Crippen LogP contribution in [0.25, 0.3) is 10.8 Å². The number of aromatic hydroxyl groups is 1. The molecule has 106 valence electrons. The molecule has 2 aromatic carbocycles. The molecule has 2 atom stereocenters. The molecule has 20 heavy (non-hydrogen) atoms. The first-order valence-corrected chi connectivity index (χ1v) is 7.09. The fraction of sp³-hybridized carbons (Fsp3) is 0.333. The van der Waals surface area contributed by atoms with Crippen LogP contribution in [-0.2, 0) is 4.74 Å². The normalized spacial score (nSPS) is 13.9. The van der Waals surface area contributed by atoms with Gasteiger partial charge in [-0.2, -0.15) is 0 Å². The van der Waals surface area contributed by atoms with Gasteiger partial charge in [0.2, 0.25) is 0 Å². The number of allylic oxidation sites excluding steroid dienone is 1. The molecule has 0 fully saturated rings. The zero-order valence-corrected chi connectivity index (χ0v) is 12.4. The van der Waals surface area contributed by atoms with E-state index in [2.05, 4.69) is 39.5 Å². The lowest BCUT2D eigenvalue weighted by atomic mass is 9.96. The largest absolute Gasteiger partial charge is 0.508 e. The maximum absolute atomic E-state index is 9.49. The van der Waals surface area contributed by atoms with E-state index in [1.54, 1.807) is 12.1 Å². The molecule has 0 amide bonds. The Bertz CT molecular complexity index is 616. The van der Waals surface area contributed by atoms with Crippen LogP contribution in [0.1, 0.15) is 38.7 Å². The summed E-state index contributed by atoms with van der Waals surface area (Å²) in [6.45, 7) is 10.3. The van der Waals surface area contributed by atoms with Gasteiger partial charge in [-0.05, 0) is 41.8 Å². The lowest BCUT2D eigenvalue weighted by Crippen LogP contribution is -2.09. The predicted octanol–water partition coefficient (Wildman–Crippen LogP) is 4.98. The molecular formula is C18H22O2. The summed E-state index contributed by atoms with van der Waals surface area (Å²) in [4.78, 5) is 0. The van der Waals surface area contributed by atoms with Crippen LogP contribution in [0.5, 0.6) is 5.75 Å². The fourth-order valence-electron chi connectivity index (χ4n) is 2.15. The minimum Gasteiger partial charge on any atom is -0.508 e. The highest BCUT2D eigenvalue weighted by atomic mass is 16.5. The molecule has 0 bridgehead atoms. The van der Waals surface area contributed by atoms with E-state index in [0.717, 1.165) is 23.0 Å². The molecule has 0 radical (unpaired) electrons. The first-order chi connectivity index (χ1) is 9.51. The number of phenolic OH excluding ortho intramolecular Hbond substituents is 1. The van der Waals surface area contributed by atoms with Gasteiger partial charge in [-0.25, -0.2) is 0 Å². The van der Waals surface area contributed by atoms with Crippen molar-refractivity contribution in [1.29, 1.82) is 0 Å². The van der Waals surface area contributed by atoms with E-state index in [9.17, 15) is 5.11 Å². The van der Waals surface area contributed by atoms with E-state index in [-0.39, 0.29) is 12.0 Å². The fourth-order valence-corrected chi connectivity index (χ4v) is 2.15. The zero-order valence-electron chi connectivity index (χ0n) is 12.4. The third-order valence-corrected chi connectivity index (χ3v) is 3.76. The highest BCUT2D eigenvalue weighted by Gasteiger charge is 2.13. The smallest absolute Gasteiger partial charge is 0.116 e. The molecule has 0 spiro atoms. The number of ether oxygens (including phenoxy) is 1. The molecule has 2 rings (SSSR count). The number of phenols is 1. The lowest BCUT2D eigenvalue weighted by Gasteiger charge is -2.20. The molecule has 0 heterocycles. The number of rotatable bonds is 5. The molecule has 0 aliphatic carbocycles. The summed E-state index contributed by atoms with van der Waals surface area (Å²) in [6, 6.07) is 11.6. The van der Waals surface area contributed by atoms with Gasteiger partial charge in [0, 0.05) is 5.92 Å². The van der Waals surface area contributed by atoms with Crippen LogP contribution >= 0.6 is 0 Å². The molecule has 2 aromatic rings. The van der Waals surface area contributed by atoms with Crippen molar-refractivity contribution in [2.75, 3.05) is 0 Å². The second-order valence-electron chi connectivity index (χ2n) is 5.32. The summed E-state index contributed by atoms with van der Waals surface area (Å²) in [5.41, 5.74) is 1.18. The van der Waals surface area contributed by atoms with E-state index >= 15 is 0 Å². The first kappa shape index (κ1) is 14.4. The van der Waals surface area contributed by atoms with Crippen molar-refractivity contribution < 1.29 is 9.84 Å². The van der Waals surface area contributed by atoms with E-state index in [4.69, 9.17) is 4.74 Å². The minimum atomic E-state index is 0.155. The van der Waals surface area contributed by atoms with Gasteiger partial charge in [0.05, 0.1) is 11.9 Å². The molecule has 0 aliphatic rings. The third kappa shape index (κ3) is 3.13. The molecule has 0 aliphatic heterocycles. The number of hydrogen-bond donors (Lipinski definition) is 1. The summed E-state index contributed by atoms with van der Waals surface area (Å²) < 4.78 is 5.81. The first-order valence-electron chi connectivity index (χ1n) is 7.09. The quantitative estimate of drug-likeness (QED) is 0.777. The Morgan fingerprint density at radius 1 is 1.15 bits per heavy atom. The summed E-state index contributed by atoms with van der Waals surface area (Å²) in [6.07, 6.45) is 1.17. The van der Waals surface area contributed by atoms with E-state index in [1.165, 1.54) is 5.56 Å². The number of hydrogen-bond acceptors (Lipinski definition) is 2. The van der Waals surface area contributed by atoms with Crippen molar-refractivity contribution in [3.8, 4) is 5.75 Å². The van der Waals surface area contributed by atoms with Gasteiger partial charge in [-0.15, -0.1) is 0 Å². The van der Waals surface area contributed by atoms with Gasteiger partial charge in [-0.1, -0.05) is 44.7 Å². The zero-order chi connectivity index (χ0) is 14.7. The molecule has 0 aromatic heterocycles. The van der Waals surface area contributed by atoms with Gasteiger partial charge in [0.15, 0.2) is 0 Å². The average Bonchev–Trinajstić information content (AvgIpc) is 2.45. The second kappa shape index (κ2) is 6.00. The highest BCUT2D eigenvalue weighted by Crippen LogP contribution is 2.29. The van der Waals surface area contributed by atoms with Gasteiger partial charge in [-0.3, -0.25) is 0 Å². The molecule has 0 saturated heterocycles. The lowest BCUT2D eigenvalue weighted by molar-refractivity contribution is 0.118. The van der Waals surface area contributed by atoms with Crippen LogP contribution in [0, 0.1) is 0 Å². The molecule has 2 heteroatoms. The maximum atomic E-state index is 9.49. The number of fused-ring (bicyclic) bond motifs is 1. The number of benzene rings is 2. The second-order valence-corrected chi connectivity index (χ2v) is 5.32. The Morgan fingerprint density at radius 3 is 2.50 bits per heavy atom. The standard InChI is InChI=1S/C18H22O2/c1-5-12(2)20-14(4)13(3)15-6-7-17-11-18(19)9-8-16(17)10-15/h6-13,19H,4-5H2,1-3H3. The Morgan fingerprint density at radius 2 is 1.80 bits per heavy atom. The minimum absolute atomic E-state index is 0.155. The molecule has 2 nitrogen and oxygen atoms in total. The van der Waals surface area contributed by atoms with Crippen molar-refractivity contribution in [1.82, 2.24) is 0 Å². The highest BCUT2D eigenvalue weighted by molar-refractivity contribution is 5.84. The van der Waals surface area contributed by atoms with Crippen molar-refractivity contribution in [2.45, 2.75) is 39.2 Å². The van der Waals surface area contributed by atoms with Gasteiger partial charge < -0.3 is 9.84 Å². The molecule has 2 unspecified atom stereocenters. The van der Waals surface area contributed by atoms with E-state index in [0.29, 0.717) is 5.75 Å². The Hall–Kier alpha value is -1.96. The van der Waals surface area contributed by atoms with E-state index < -0.39 is 0 Å². The average molecular weight is 270 g/mol. The summed E-state index contributed by atoms with van der Waals surface area (Å²) >= 11 is 0. The van der Waals surface area contributed by atoms with Crippen molar-refractivity contribution in [3.63, 3.8) is 0 Å². The Labute approximate surface area is 120 Å². The van der Waals surface area contributed by atoms with Crippen molar-refractivity contribution >= 4 is 10.8 Å². The van der Waals surface area contributed by atoms with Crippen LogP contribution in [0.15, 0.2) is 48.7 Å². The topological polar surface area (TPSA) is 29.5 Å². The van der Waals surface area contributed by atoms with Crippen LogP contribution in [0.3, 0.4) is 0 Å². The summed E-state index contributed by atoms with van der Waals surface area (Å²) in [5.74, 6) is 1.25. The third-order valence-electron chi connectivity index (χ3n) is 3.76. The molecule has 0 saturated carbocycles. The van der Waals surface area contributed by atoms with Crippen LogP contribution in [0.2, 0.25) is 0 Å².